The van der Waals surface area contributed by atoms with Gasteiger partial charge in [-0.1, -0.05) is 0 Å². The highest BCUT2D eigenvalue weighted by molar-refractivity contribution is 5.92. The zero-order chi connectivity index (χ0) is 16.5. The Kier molecular flexibility index (Phi) is 6.43. The maximum absolute atomic E-state index is 11.9. The SMILES string of the molecule is COCCCNC(=O)c1ccn(COc2ccc(OC)cc2)n1. The highest BCUT2D eigenvalue weighted by Gasteiger charge is 2.08. The van der Waals surface area contributed by atoms with Crippen molar-refractivity contribution in [2.24, 2.45) is 0 Å². The molecule has 1 aromatic heterocycles. The largest absolute Gasteiger partial charge is 0.497 e. The van der Waals surface area contributed by atoms with E-state index >= 15 is 0 Å². The molecule has 7 heteroatoms. The Morgan fingerprint density at radius 3 is 2.61 bits per heavy atom. The average molecular weight is 319 g/mol. The van der Waals surface area contributed by atoms with Crippen molar-refractivity contribution >= 4 is 5.91 Å². The third kappa shape index (κ3) is 5.30. The maximum Gasteiger partial charge on any atom is 0.271 e. The molecule has 1 N–H and O–H groups in total. The minimum absolute atomic E-state index is 0.204. The lowest BCUT2D eigenvalue weighted by Crippen LogP contribution is -2.25. The summed E-state index contributed by atoms with van der Waals surface area (Å²) in [5.41, 5.74) is 0.362. The summed E-state index contributed by atoms with van der Waals surface area (Å²) < 4.78 is 17.2. The molecule has 0 spiro atoms. The molecule has 0 radical (unpaired) electrons. The minimum atomic E-state index is -0.204. The second-order valence-electron chi connectivity index (χ2n) is 4.79. The standard InChI is InChI=1S/C16H21N3O4/c1-21-11-3-9-17-16(20)15-8-10-19(18-15)12-23-14-6-4-13(22-2)5-7-14/h4-8,10H,3,9,11-12H2,1-2H3,(H,17,20). The summed E-state index contributed by atoms with van der Waals surface area (Å²) in [6.45, 7) is 1.40. The highest BCUT2D eigenvalue weighted by Crippen LogP contribution is 2.17. The molecular formula is C16H21N3O4. The Balaban J connectivity index is 1.80. The van der Waals surface area contributed by atoms with Crippen LogP contribution in [-0.2, 0) is 11.5 Å². The number of amides is 1. The van der Waals surface area contributed by atoms with Gasteiger partial charge in [0, 0.05) is 26.5 Å². The number of hydrogen-bond donors (Lipinski definition) is 1. The van der Waals surface area contributed by atoms with Crippen LogP contribution in [0.25, 0.3) is 0 Å². The van der Waals surface area contributed by atoms with Crippen molar-refractivity contribution in [3.63, 3.8) is 0 Å². The number of methoxy groups -OCH3 is 2. The van der Waals surface area contributed by atoms with Gasteiger partial charge in [-0.15, -0.1) is 0 Å². The van der Waals surface area contributed by atoms with E-state index in [0.717, 1.165) is 12.2 Å². The van der Waals surface area contributed by atoms with E-state index in [1.165, 1.54) is 0 Å². The number of hydrogen-bond acceptors (Lipinski definition) is 5. The van der Waals surface area contributed by atoms with Gasteiger partial charge in [0.25, 0.3) is 5.91 Å². The Morgan fingerprint density at radius 2 is 1.91 bits per heavy atom. The molecule has 0 saturated heterocycles. The molecule has 0 aliphatic rings. The third-order valence-electron chi connectivity index (χ3n) is 3.11. The number of carbonyl (C=O) groups excluding carboxylic acids is 1. The first-order valence-corrected chi connectivity index (χ1v) is 7.30. The molecule has 0 aliphatic heterocycles. The Bertz CT molecular complexity index is 610. The smallest absolute Gasteiger partial charge is 0.271 e. The van der Waals surface area contributed by atoms with Crippen LogP contribution in [0.2, 0.25) is 0 Å². The van der Waals surface area contributed by atoms with Crippen LogP contribution in [0.3, 0.4) is 0 Å². The predicted octanol–water partition coefficient (Wildman–Crippen LogP) is 1.69. The van der Waals surface area contributed by atoms with Gasteiger partial charge in [0.15, 0.2) is 6.73 Å². The van der Waals surface area contributed by atoms with Gasteiger partial charge >= 0.3 is 0 Å². The van der Waals surface area contributed by atoms with Gasteiger partial charge in [-0.3, -0.25) is 4.79 Å². The molecule has 0 atom stereocenters. The number of benzene rings is 1. The van der Waals surface area contributed by atoms with Crippen LogP contribution in [0, 0.1) is 0 Å². The number of aromatic nitrogens is 2. The van der Waals surface area contributed by atoms with E-state index in [4.69, 9.17) is 14.2 Å². The van der Waals surface area contributed by atoms with Crippen LogP contribution in [0.4, 0.5) is 0 Å². The normalized spacial score (nSPS) is 10.3. The lowest BCUT2D eigenvalue weighted by atomic mass is 10.3. The first kappa shape index (κ1) is 16.8. The van der Waals surface area contributed by atoms with Crippen molar-refractivity contribution in [1.82, 2.24) is 15.1 Å². The minimum Gasteiger partial charge on any atom is -0.497 e. The first-order chi connectivity index (χ1) is 11.2. The van der Waals surface area contributed by atoms with Crippen molar-refractivity contribution in [3.8, 4) is 11.5 Å². The molecule has 0 bridgehead atoms. The number of ether oxygens (including phenoxy) is 3. The van der Waals surface area contributed by atoms with Crippen LogP contribution in [0.15, 0.2) is 36.5 Å². The number of nitrogens with one attached hydrogen (secondary N) is 1. The number of carbonyl (C=O) groups is 1. The molecule has 0 fully saturated rings. The molecule has 23 heavy (non-hydrogen) atoms. The van der Waals surface area contributed by atoms with E-state index in [1.54, 1.807) is 31.2 Å². The van der Waals surface area contributed by atoms with Crippen LogP contribution in [0.1, 0.15) is 16.9 Å². The summed E-state index contributed by atoms with van der Waals surface area (Å²) in [4.78, 5) is 11.9. The van der Waals surface area contributed by atoms with Gasteiger partial charge in [0.1, 0.15) is 17.2 Å². The summed E-state index contributed by atoms with van der Waals surface area (Å²) in [5.74, 6) is 1.26. The highest BCUT2D eigenvalue weighted by atomic mass is 16.5. The van der Waals surface area contributed by atoms with E-state index in [9.17, 15) is 4.79 Å². The topological polar surface area (TPSA) is 74.6 Å². The van der Waals surface area contributed by atoms with E-state index in [0.29, 0.717) is 24.6 Å². The summed E-state index contributed by atoms with van der Waals surface area (Å²) in [6, 6.07) is 8.91. The van der Waals surface area contributed by atoms with Gasteiger partial charge in [-0.05, 0) is 36.8 Å². The summed E-state index contributed by atoms with van der Waals surface area (Å²) in [5, 5.41) is 6.97. The maximum atomic E-state index is 11.9. The second-order valence-corrected chi connectivity index (χ2v) is 4.79. The van der Waals surface area contributed by atoms with Gasteiger partial charge in [0.05, 0.1) is 7.11 Å². The van der Waals surface area contributed by atoms with Crippen molar-refractivity contribution in [1.29, 1.82) is 0 Å². The van der Waals surface area contributed by atoms with E-state index < -0.39 is 0 Å². The summed E-state index contributed by atoms with van der Waals surface area (Å²) in [6.07, 6.45) is 2.47. The predicted molar refractivity (Wildman–Crippen MR) is 84.7 cm³/mol. The first-order valence-electron chi connectivity index (χ1n) is 7.30. The fourth-order valence-corrected chi connectivity index (χ4v) is 1.88. The molecule has 0 unspecified atom stereocenters. The molecular weight excluding hydrogens is 298 g/mol. The molecule has 1 amide bonds. The molecule has 7 nitrogen and oxygen atoms in total. The van der Waals surface area contributed by atoms with Crippen molar-refractivity contribution in [3.05, 3.63) is 42.2 Å². The zero-order valence-electron chi connectivity index (χ0n) is 13.3. The fourth-order valence-electron chi connectivity index (χ4n) is 1.88. The van der Waals surface area contributed by atoms with Gasteiger partial charge in [-0.25, -0.2) is 4.68 Å². The van der Waals surface area contributed by atoms with Gasteiger partial charge in [-0.2, -0.15) is 5.10 Å². The van der Waals surface area contributed by atoms with Crippen molar-refractivity contribution in [2.45, 2.75) is 13.2 Å². The van der Waals surface area contributed by atoms with E-state index in [-0.39, 0.29) is 12.6 Å². The van der Waals surface area contributed by atoms with Gasteiger partial charge < -0.3 is 19.5 Å². The Labute approximate surface area is 135 Å². The van der Waals surface area contributed by atoms with E-state index in [1.807, 2.05) is 24.3 Å². The lowest BCUT2D eigenvalue weighted by Gasteiger charge is -2.07. The zero-order valence-corrected chi connectivity index (χ0v) is 13.3. The molecule has 1 heterocycles. The molecule has 124 valence electrons. The number of rotatable bonds is 9. The van der Waals surface area contributed by atoms with E-state index in [2.05, 4.69) is 10.4 Å². The van der Waals surface area contributed by atoms with Crippen molar-refractivity contribution < 1.29 is 19.0 Å². The third-order valence-corrected chi connectivity index (χ3v) is 3.11. The van der Waals surface area contributed by atoms with Crippen LogP contribution < -0.4 is 14.8 Å². The van der Waals surface area contributed by atoms with Crippen LogP contribution in [-0.4, -0.2) is 43.1 Å². The van der Waals surface area contributed by atoms with Crippen LogP contribution >= 0.6 is 0 Å². The molecule has 1 aromatic carbocycles. The van der Waals surface area contributed by atoms with Crippen molar-refractivity contribution in [2.75, 3.05) is 27.4 Å². The molecule has 0 aliphatic carbocycles. The number of nitrogens with zero attached hydrogens (tertiary/aromatic N) is 2. The molecule has 2 aromatic rings. The monoisotopic (exact) mass is 319 g/mol. The Hall–Kier alpha value is -2.54. The lowest BCUT2D eigenvalue weighted by molar-refractivity contribution is 0.0941. The fraction of sp³-hybridized carbons (Fsp3) is 0.375. The molecule has 0 saturated carbocycles. The molecule has 2 rings (SSSR count). The average Bonchev–Trinajstić information content (AvgIpc) is 3.06. The van der Waals surface area contributed by atoms with Gasteiger partial charge in [0.2, 0.25) is 0 Å². The summed E-state index contributed by atoms with van der Waals surface area (Å²) >= 11 is 0. The van der Waals surface area contributed by atoms with Crippen LogP contribution in [0.5, 0.6) is 11.5 Å². The summed E-state index contributed by atoms with van der Waals surface area (Å²) in [7, 11) is 3.24. The Morgan fingerprint density at radius 1 is 1.17 bits per heavy atom. The quantitative estimate of drug-likeness (QED) is 0.712. The second kappa shape index (κ2) is 8.79.